The van der Waals surface area contributed by atoms with Crippen LogP contribution in [0.5, 0.6) is 0 Å². The highest BCUT2D eigenvalue weighted by atomic mass is 127. The molecule has 0 unspecified atom stereocenters. The molecule has 0 saturated heterocycles. The van der Waals surface area contributed by atoms with E-state index < -0.39 is 0 Å². The molecule has 1 aromatic carbocycles. The molecule has 108 valence electrons. The van der Waals surface area contributed by atoms with Gasteiger partial charge >= 0.3 is 0 Å². The van der Waals surface area contributed by atoms with Gasteiger partial charge in [0, 0.05) is 18.1 Å². The number of nitrogens with two attached hydrogens (primary N) is 1. The van der Waals surface area contributed by atoms with Gasteiger partial charge in [-0.3, -0.25) is 4.99 Å². The van der Waals surface area contributed by atoms with Gasteiger partial charge in [-0.2, -0.15) is 0 Å². The van der Waals surface area contributed by atoms with Crippen LogP contribution in [0, 0.1) is 11.7 Å². The van der Waals surface area contributed by atoms with Crippen molar-refractivity contribution in [1.29, 1.82) is 0 Å². The zero-order chi connectivity index (χ0) is 13.5. The number of benzene rings is 1. The first-order valence-electron chi connectivity index (χ1n) is 5.96. The number of aliphatic imine (C=N–C) groups is 1. The summed E-state index contributed by atoms with van der Waals surface area (Å²) in [7, 11) is 0. The van der Waals surface area contributed by atoms with Crippen LogP contribution in [-0.4, -0.2) is 19.0 Å². The average Bonchev–Trinajstić information content (AvgIpc) is 2.29. The van der Waals surface area contributed by atoms with Gasteiger partial charge in [-0.25, -0.2) is 4.39 Å². The summed E-state index contributed by atoms with van der Waals surface area (Å²) in [6.07, 6.45) is 0.678. The maximum atomic E-state index is 12.8. The highest BCUT2D eigenvalue weighted by Crippen LogP contribution is 2.17. The van der Waals surface area contributed by atoms with Crippen molar-refractivity contribution in [2.24, 2.45) is 16.6 Å². The molecule has 6 heteroatoms. The Kier molecular flexibility index (Phi) is 9.08. The minimum Gasteiger partial charge on any atom is -0.370 e. The Balaban J connectivity index is 0.00000324. The molecule has 0 aromatic heterocycles. The van der Waals surface area contributed by atoms with Gasteiger partial charge in [-0.05, 0) is 30.0 Å². The van der Waals surface area contributed by atoms with E-state index in [1.165, 1.54) is 12.1 Å². The molecular formula is C13H20ClFIN3. The fourth-order valence-corrected chi connectivity index (χ4v) is 1.65. The lowest BCUT2D eigenvalue weighted by Gasteiger charge is -2.08. The Bertz CT molecular complexity index is 424. The predicted octanol–water partition coefficient (Wildman–Crippen LogP) is 3.20. The first-order chi connectivity index (χ1) is 8.49. The van der Waals surface area contributed by atoms with Crippen molar-refractivity contribution in [3.05, 3.63) is 34.6 Å². The summed E-state index contributed by atoms with van der Waals surface area (Å²) in [5, 5.41) is 3.44. The SMILES string of the molecule is CC(C)CN=C(N)NCCc1ccc(F)cc1Cl.I. The molecule has 3 N–H and O–H groups in total. The van der Waals surface area contributed by atoms with Crippen molar-refractivity contribution in [2.45, 2.75) is 20.3 Å². The minimum atomic E-state index is -0.324. The van der Waals surface area contributed by atoms with E-state index in [2.05, 4.69) is 24.2 Å². The minimum absolute atomic E-state index is 0. The quantitative estimate of drug-likeness (QED) is 0.454. The van der Waals surface area contributed by atoms with Crippen molar-refractivity contribution in [1.82, 2.24) is 5.32 Å². The lowest BCUT2D eigenvalue weighted by atomic mass is 10.1. The zero-order valence-corrected chi connectivity index (χ0v) is 14.2. The maximum absolute atomic E-state index is 12.8. The van der Waals surface area contributed by atoms with Crippen molar-refractivity contribution in [3.63, 3.8) is 0 Å². The normalized spacial score (nSPS) is 11.3. The van der Waals surface area contributed by atoms with E-state index in [4.69, 9.17) is 17.3 Å². The van der Waals surface area contributed by atoms with Gasteiger partial charge in [0.15, 0.2) is 5.96 Å². The van der Waals surface area contributed by atoms with Crippen molar-refractivity contribution >= 4 is 41.5 Å². The summed E-state index contributed by atoms with van der Waals surface area (Å²) >= 11 is 5.92. The van der Waals surface area contributed by atoms with Gasteiger partial charge in [0.1, 0.15) is 5.82 Å². The summed E-state index contributed by atoms with van der Waals surface area (Å²) < 4.78 is 12.8. The van der Waals surface area contributed by atoms with Crippen LogP contribution in [0.2, 0.25) is 5.02 Å². The molecule has 0 saturated carbocycles. The third-order valence-electron chi connectivity index (χ3n) is 2.34. The molecule has 0 fully saturated rings. The molecular weight excluding hydrogens is 380 g/mol. The molecule has 0 amide bonds. The van der Waals surface area contributed by atoms with E-state index in [0.29, 0.717) is 36.4 Å². The Hall–Kier alpha value is -0.560. The average molecular weight is 400 g/mol. The van der Waals surface area contributed by atoms with Crippen molar-refractivity contribution < 1.29 is 4.39 Å². The van der Waals surface area contributed by atoms with Crippen LogP contribution >= 0.6 is 35.6 Å². The maximum Gasteiger partial charge on any atom is 0.188 e. The van der Waals surface area contributed by atoms with E-state index in [1.54, 1.807) is 6.07 Å². The van der Waals surface area contributed by atoms with E-state index >= 15 is 0 Å². The van der Waals surface area contributed by atoms with Gasteiger partial charge < -0.3 is 11.1 Å². The lowest BCUT2D eigenvalue weighted by molar-refractivity contribution is 0.627. The standard InChI is InChI=1S/C13H19ClFN3.HI/c1-9(2)8-18-13(16)17-6-5-10-3-4-11(15)7-12(10)14;/h3-4,7,9H,5-6,8H2,1-2H3,(H3,16,17,18);1H. The molecule has 0 heterocycles. The summed E-state index contributed by atoms with van der Waals surface area (Å²) in [6, 6.07) is 4.39. The Morgan fingerprint density at radius 1 is 1.47 bits per heavy atom. The number of nitrogens with zero attached hydrogens (tertiary/aromatic N) is 1. The summed E-state index contributed by atoms with van der Waals surface area (Å²) in [5.41, 5.74) is 6.59. The van der Waals surface area contributed by atoms with Crippen LogP contribution < -0.4 is 11.1 Å². The van der Waals surface area contributed by atoms with Crippen LogP contribution in [-0.2, 0) is 6.42 Å². The first-order valence-corrected chi connectivity index (χ1v) is 6.34. The van der Waals surface area contributed by atoms with E-state index in [9.17, 15) is 4.39 Å². The van der Waals surface area contributed by atoms with Crippen molar-refractivity contribution in [3.8, 4) is 0 Å². The number of rotatable bonds is 5. The topological polar surface area (TPSA) is 50.4 Å². The number of hydrogen-bond donors (Lipinski definition) is 2. The first kappa shape index (κ1) is 18.4. The molecule has 0 aliphatic carbocycles. The number of guanidine groups is 1. The molecule has 19 heavy (non-hydrogen) atoms. The second-order valence-electron chi connectivity index (χ2n) is 4.53. The lowest BCUT2D eigenvalue weighted by Crippen LogP contribution is -2.33. The smallest absolute Gasteiger partial charge is 0.188 e. The predicted molar refractivity (Wildman–Crippen MR) is 89.9 cm³/mol. The third kappa shape index (κ3) is 7.57. The fraction of sp³-hybridized carbons (Fsp3) is 0.462. The molecule has 0 aliphatic heterocycles. The Morgan fingerprint density at radius 3 is 2.74 bits per heavy atom. The third-order valence-corrected chi connectivity index (χ3v) is 2.69. The van der Waals surface area contributed by atoms with E-state index in [-0.39, 0.29) is 29.8 Å². The van der Waals surface area contributed by atoms with E-state index in [0.717, 1.165) is 5.56 Å². The van der Waals surface area contributed by atoms with Gasteiger partial charge in [-0.1, -0.05) is 31.5 Å². The number of nitrogens with one attached hydrogen (secondary N) is 1. The molecule has 1 aromatic rings. The Labute approximate surface area is 135 Å². The van der Waals surface area contributed by atoms with Crippen LogP contribution in [0.1, 0.15) is 19.4 Å². The molecule has 1 rings (SSSR count). The molecule has 0 bridgehead atoms. The van der Waals surface area contributed by atoms with Gasteiger partial charge in [0.2, 0.25) is 0 Å². The van der Waals surface area contributed by atoms with Crippen LogP contribution in [0.3, 0.4) is 0 Å². The Morgan fingerprint density at radius 2 is 2.16 bits per heavy atom. The summed E-state index contributed by atoms with van der Waals surface area (Å²) in [5.74, 6) is 0.591. The van der Waals surface area contributed by atoms with Gasteiger partial charge in [-0.15, -0.1) is 24.0 Å². The monoisotopic (exact) mass is 399 g/mol. The second-order valence-corrected chi connectivity index (χ2v) is 4.94. The summed E-state index contributed by atoms with van der Waals surface area (Å²) in [4.78, 5) is 4.18. The molecule has 0 atom stereocenters. The van der Waals surface area contributed by atoms with Crippen LogP contribution in [0.25, 0.3) is 0 Å². The zero-order valence-electron chi connectivity index (χ0n) is 11.1. The largest absolute Gasteiger partial charge is 0.370 e. The molecule has 0 radical (unpaired) electrons. The second kappa shape index (κ2) is 9.36. The fourth-order valence-electron chi connectivity index (χ4n) is 1.39. The van der Waals surface area contributed by atoms with Gasteiger partial charge in [0.05, 0.1) is 0 Å². The van der Waals surface area contributed by atoms with Crippen LogP contribution in [0.15, 0.2) is 23.2 Å². The molecule has 3 nitrogen and oxygen atoms in total. The van der Waals surface area contributed by atoms with Crippen molar-refractivity contribution in [2.75, 3.05) is 13.1 Å². The highest BCUT2D eigenvalue weighted by molar-refractivity contribution is 14.0. The molecule has 0 spiro atoms. The summed E-state index contributed by atoms with van der Waals surface area (Å²) in [6.45, 7) is 5.49. The molecule has 0 aliphatic rings. The number of halogens is 3. The van der Waals surface area contributed by atoms with E-state index in [1.807, 2.05) is 0 Å². The van der Waals surface area contributed by atoms with Gasteiger partial charge in [0.25, 0.3) is 0 Å². The highest BCUT2D eigenvalue weighted by Gasteiger charge is 2.02. The van der Waals surface area contributed by atoms with Crippen LogP contribution in [0.4, 0.5) is 4.39 Å². The number of hydrogen-bond acceptors (Lipinski definition) is 1.